The molecule has 5 nitrogen and oxygen atoms in total. The van der Waals surface area contributed by atoms with Gasteiger partial charge in [-0.1, -0.05) is 35.9 Å². The molecule has 0 aliphatic rings. The third-order valence-electron chi connectivity index (χ3n) is 4.49. The van der Waals surface area contributed by atoms with Crippen LogP contribution in [0.25, 0.3) is 11.3 Å². The fourth-order valence-electron chi connectivity index (χ4n) is 3.00. The first kappa shape index (κ1) is 18.6. The van der Waals surface area contributed by atoms with Gasteiger partial charge in [0.15, 0.2) is 0 Å². The number of rotatable bonds is 4. The molecule has 0 aliphatic carbocycles. The summed E-state index contributed by atoms with van der Waals surface area (Å²) in [6.45, 7) is 7.80. The van der Waals surface area contributed by atoms with E-state index in [4.69, 9.17) is 0 Å². The standard InChI is InChI=1S/C22H23N3O2/c1-14-6-8-18(17(4)11-14)19-9-10-22(27)25(24-19)13-21(26)23-20-12-15(2)5-7-16(20)3/h5-12H,13H2,1-4H3,(H,23,26). The summed E-state index contributed by atoms with van der Waals surface area (Å²) in [6.07, 6.45) is 0. The van der Waals surface area contributed by atoms with Crippen LogP contribution in [0.4, 0.5) is 5.69 Å². The molecule has 0 saturated heterocycles. The first-order valence-corrected chi connectivity index (χ1v) is 8.86. The molecule has 3 aromatic rings. The minimum atomic E-state index is -0.306. The fraction of sp³-hybridized carbons (Fsp3) is 0.227. The highest BCUT2D eigenvalue weighted by Gasteiger charge is 2.11. The molecule has 0 saturated carbocycles. The normalized spacial score (nSPS) is 10.7. The average Bonchev–Trinajstić information content (AvgIpc) is 2.60. The Morgan fingerprint density at radius 1 is 0.926 bits per heavy atom. The number of aromatic nitrogens is 2. The first-order chi connectivity index (χ1) is 12.8. The van der Waals surface area contributed by atoms with Crippen LogP contribution in [0, 0.1) is 27.7 Å². The number of benzene rings is 2. The zero-order valence-corrected chi connectivity index (χ0v) is 16.0. The van der Waals surface area contributed by atoms with Gasteiger partial charge in [0.25, 0.3) is 5.56 Å². The predicted molar refractivity (Wildman–Crippen MR) is 108 cm³/mol. The molecule has 5 heteroatoms. The highest BCUT2D eigenvalue weighted by Crippen LogP contribution is 2.21. The van der Waals surface area contributed by atoms with Crippen molar-refractivity contribution in [3.05, 3.63) is 81.1 Å². The summed E-state index contributed by atoms with van der Waals surface area (Å²) in [6, 6.07) is 15.1. The Hall–Kier alpha value is -3.21. The Morgan fingerprint density at radius 2 is 1.63 bits per heavy atom. The molecule has 0 fully saturated rings. The maximum atomic E-state index is 12.4. The van der Waals surface area contributed by atoms with Gasteiger partial charge in [-0.15, -0.1) is 0 Å². The van der Waals surface area contributed by atoms with Crippen molar-refractivity contribution < 1.29 is 4.79 Å². The van der Waals surface area contributed by atoms with Crippen LogP contribution in [0.15, 0.2) is 53.3 Å². The second kappa shape index (κ2) is 7.58. The number of nitrogens with one attached hydrogen (secondary N) is 1. The van der Waals surface area contributed by atoms with Gasteiger partial charge in [0, 0.05) is 17.3 Å². The lowest BCUT2D eigenvalue weighted by Gasteiger charge is -2.11. The zero-order valence-electron chi connectivity index (χ0n) is 16.0. The second-order valence-corrected chi connectivity index (χ2v) is 6.90. The van der Waals surface area contributed by atoms with Crippen molar-refractivity contribution in [1.29, 1.82) is 0 Å². The molecule has 1 aromatic heterocycles. The summed E-state index contributed by atoms with van der Waals surface area (Å²) in [4.78, 5) is 24.6. The van der Waals surface area contributed by atoms with Crippen LogP contribution in [-0.4, -0.2) is 15.7 Å². The van der Waals surface area contributed by atoms with Gasteiger partial charge in [0.05, 0.1) is 5.69 Å². The molecule has 0 radical (unpaired) electrons. The van der Waals surface area contributed by atoms with E-state index in [2.05, 4.69) is 16.5 Å². The molecular formula is C22H23N3O2. The maximum absolute atomic E-state index is 12.4. The lowest BCUT2D eigenvalue weighted by atomic mass is 10.0. The number of carbonyl (C=O) groups excluding carboxylic acids is 1. The number of nitrogens with zero attached hydrogens (tertiary/aromatic N) is 2. The summed E-state index contributed by atoms with van der Waals surface area (Å²) in [5.74, 6) is -0.281. The molecule has 138 valence electrons. The van der Waals surface area contributed by atoms with Crippen molar-refractivity contribution >= 4 is 11.6 Å². The Bertz CT molecular complexity index is 1070. The number of hydrogen-bond acceptors (Lipinski definition) is 3. The SMILES string of the molecule is Cc1ccc(-c2ccc(=O)n(CC(=O)Nc3cc(C)ccc3C)n2)c(C)c1. The second-order valence-electron chi connectivity index (χ2n) is 6.90. The summed E-state index contributed by atoms with van der Waals surface area (Å²) in [5.41, 5.74) is 6.33. The van der Waals surface area contributed by atoms with Gasteiger partial charge < -0.3 is 5.32 Å². The summed E-state index contributed by atoms with van der Waals surface area (Å²) in [5, 5.41) is 7.26. The van der Waals surface area contributed by atoms with Crippen molar-refractivity contribution in [3.8, 4) is 11.3 Å². The van der Waals surface area contributed by atoms with E-state index in [-0.39, 0.29) is 18.0 Å². The highest BCUT2D eigenvalue weighted by atomic mass is 16.2. The van der Waals surface area contributed by atoms with Crippen molar-refractivity contribution in [2.45, 2.75) is 34.2 Å². The first-order valence-electron chi connectivity index (χ1n) is 8.86. The number of aryl methyl sites for hydroxylation is 4. The third kappa shape index (κ3) is 4.31. The highest BCUT2D eigenvalue weighted by molar-refractivity contribution is 5.91. The summed E-state index contributed by atoms with van der Waals surface area (Å²) >= 11 is 0. The van der Waals surface area contributed by atoms with Crippen LogP contribution < -0.4 is 10.9 Å². The van der Waals surface area contributed by atoms with Crippen molar-refractivity contribution in [3.63, 3.8) is 0 Å². The molecule has 1 N–H and O–H groups in total. The van der Waals surface area contributed by atoms with E-state index in [0.717, 1.165) is 33.5 Å². The minimum Gasteiger partial charge on any atom is -0.324 e. The fourth-order valence-corrected chi connectivity index (χ4v) is 3.00. The van der Waals surface area contributed by atoms with Gasteiger partial charge in [-0.3, -0.25) is 9.59 Å². The monoisotopic (exact) mass is 361 g/mol. The van der Waals surface area contributed by atoms with E-state index in [1.807, 2.05) is 58.0 Å². The smallest absolute Gasteiger partial charge is 0.267 e. The molecule has 1 heterocycles. The van der Waals surface area contributed by atoms with Crippen LogP contribution in [0.5, 0.6) is 0 Å². The Kier molecular flexibility index (Phi) is 5.21. The van der Waals surface area contributed by atoms with Crippen LogP contribution in [-0.2, 0) is 11.3 Å². The molecule has 1 amide bonds. The molecule has 27 heavy (non-hydrogen) atoms. The number of amides is 1. The maximum Gasteiger partial charge on any atom is 0.267 e. The van der Waals surface area contributed by atoms with Crippen LogP contribution >= 0.6 is 0 Å². The van der Waals surface area contributed by atoms with Crippen molar-refractivity contribution in [2.75, 3.05) is 5.32 Å². The topological polar surface area (TPSA) is 64.0 Å². The van der Waals surface area contributed by atoms with Gasteiger partial charge in [-0.25, -0.2) is 4.68 Å². The lowest BCUT2D eigenvalue weighted by Crippen LogP contribution is -2.29. The molecule has 0 atom stereocenters. The van der Waals surface area contributed by atoms with E-state index >= 15 is 0 Å². The molecule has 3 rings (SSSR count). The number of hydrogen-bond donors (Lipinski definition) is 1. The molecular weight excluding hydrogens is 338 g/mol. The van der Waals surface area contributed by atoms with Gasteiger partial charge in [-0.2, -0.15) is 5.10 Å². The Labute approximate surface area is 158 Å². The van der Waals surface area contributed by atoms with E-state index in [1.165, 1.54) is 10.7 Å². The molecule has 0 bridgehead atoms. The van der Waals surface area contributed by atoms with Crippen LogP contribution in [0.1, 0.15) is 22.3 Å². The molecule has 2 aromatic carbocycles. The van der Waals surface area contributed by atoms with Crippen molar-refractivity contribution in [2.24, 2.45) is 0 Å². The molecule has 0 aliphatic heterocycles. The molecule has 0 spiro atoms. The van der Waals surface area contributed by atoms with E-state index in [0.29, 0.717) is 5.69 Å². The summed E-state index contributed by atoms with van der Waals surface area (Å²) < 4.78 is 1.20. The average molecular weight is 361 g/mol. The van der Waals surface area contributed by atoms with Gasteiger partial charge in [0.1, 0.15) is 6.54 Å². The lowest BCUT2D eigenvalue weighted by molar-refractivity contribution is -0.117. The van der Waals surface area contributed by atoms with Crippen LogP contribution in [0.3, 0.4) is 0 Å². The molecule has 0 unspecified atom stereocenters. The van der Waals surface area contributed by atoms with Crippen molar-refractivity contribution in [1.82, 2.24) is 9.78 Å². The third-order valence-corrected chi connectivity index (χ3v) is 4.49. The van der Waals surface area contributed by atoms with Gasteiger partial charge >= 0.3 is 0 Å². The van der Waals surface area contributed by atoms with Gasteiger partial charge in [-0.05, 0) is 56.5 Å². The Balaban J connectivity index is 1.85. The van der Waals surface area contributed by atoms with E-state index < -0.39 is 0 Å². The minimum absolute atomic E-state index is 0.134. The zero-order chi connectivity index (χ0) is 19.6. The summed E-state index contributed by atoms with van der Waals surface area (Å²) in [7, 11) is 0. The van der Waals surface area contributed by atoms with Gasteiger partial charge in [0.2, 0.25) is 5.91 Å². The Morgan fingerprint density at radius 3 is 2.37 bits per heavy atom. The predicted octanol–water partition coefficient (Wildman–Crippen LogP) is 3.78. The number of anilines is 1. The van der Waals surface area contributed by atoms with E-state index in [1.54, 1.807) is 6.07 Å². The number of carbonyl (C=O) groups is 1. The largest absolute Gasteiger partial charge is 0.324 e. The quantitative estimate of drug-likeness (QED) is 0.769. The van der Waals surface area contributed by atoms with Crippen LogP contribution in [0.2, 0.25) is 0 Å². The van der Waals surface area contributed by atoms with E-state index in [9.17, 15) is 9.59 Å².